The molecule has 0 atom stereocenters. The zero-order valence-electron chi connectivity index (χ0n) is 9.07. The number of aromatic nitrogens is 1. The normalized spacial score (nSPS) is 9.87. The van der Waals surface area contributed by atoms with Gasteiger partial charge in [0.15, 0.2) is 0 Å². The van der Waals surface area contributed by atoms with Crippen LogP contribution in [0.4, 0.5) is 0 Å². The Bertz CT molecular complexity index is 331. The van der Waals surface area contributed by atoms with Crippen LogP contribution in [0.5, 0.6) is 0 Å². The predicted molar refractivity (Wildman–Crippen MR) is 64.6 cm³/mol. The number of rotatable bonds is 6. The Balaban J connectivity index is 2.34. The van der Waals surface area contributed by atoms with Crippen molar-refractivity contribution in [2.45, 2.75) is 31.9 Å². The molecule has 0 bridgehead atoms. The van der Waals surface area contributed by atoms with Gasteiger partial charge in [-0.05, 0) is 23.8 Å². The molecule has 0 aliphatic carbocycles. The van der Waals surface area contributed by atoms with E-state index in [2.05, 4.69) is 18.0 Å². The zero-order chi connectivity index (χ0) is 10.9. The highest BCUT2D eigenvalue weighted by atomic mass is 32.2. The van der Waals surface area contributed by atoms with Crippen LogP contribution in [0.1, 0.15) is 37.4 Å². The molecule has 0 aliphatic rings. The van der Waals surface area contributed by atoms with Crippen LogP contribution in [0.2, 0.25) is 0 Å². The lowest BCUT2D eigenvalue weighted by atomic mass is 10.2. The maximum atomic E-state index is 8.84. The molecule has 0 saturated heterocycles. The molecular weight excluding hydrogens is 204 g/mol. The first kappa shape index (κ1) is 12.1. The summed E-state index contributed by atoms with van der Waals surface area (Å²) in [6.07, 6.45) is 5.50. The molecule has 0 unspecified atom stereocenters. The second-order valence-corrected chi connectivity index (χ2v) is 4.49. The smallest absolute Gasteiger partial charge is 0.144 e. The fourth-order valence-corrected chi connectivity index (χ4v) is 2.30. The molecule has 1 heterocycles. The van der Waals surface area contributed by atoms with Crippen molar-refractivity contribution >= 4 is 11.8 Å². The Morgan fingerprint density at radius 1 is 1.47 bits per heavy atom. The molecule has 0 saturated carbocycles. The van der Waals surface area contributed by atoms with E-state index < -0.39 is 0 Å². The molecular formula is C12H16N2S. The second-order valence-electron chi connectivity index (χ2n) is 3.38. The quantitative estimate of drug-likeness (QED) is 0.690. The van der Waals surface area contributed by atoms with Crippen LogP contribution >= 0.6 is 11.8 Å². The molecule has 0 aromatic carbocycles. The number of unbranched alkanes of at least 4 members (excludes halogenated alkanes) is 2. The van der Waals surface area contributed by atoms with Crippen molar-refractivity contribution < 1.29 is 0 Å². The Kier molecular flexibility index (Phi) is 5.87. The van der Waals surface area contributed by atoms with E-state index in [1.54, 1.807) is 6.20 Å². The summed E-state index contributed by atoms with van der Waals surface area (Å²) in [5.41, 5.74) is 1.63. The summed E-state index contributed by atoms with van der Waals surface area (Å²) in [6.45, 7) is 2.21. The van der Waals surface area contributed by atoms with Gasteiger partial charge in [0.25, 0.3) is 0 Å². The average molecular weight is 220 g/mol. The number of nitriles is 1. The topological polar surface area (TPSA) is 36.7 Å². The van der Waals surface area contributed by atoms with Crippen molar-refractivity contribution in [3.8, 4) is 6.07 Å². The van der Waals surface area contributed by atoms with Gasteiger partial charge in [-0.25, -0.2) is 4.98 Å². The van der Waals surface area contributed by atoms with E-state index in [1.165, 1.54) is 25.0 Å². The van der Waals surface area contributed by atoms with E-state index in [-0.39, 0.29) is 0 Å². The van der Waals surface area contributed by atoms with Gasteiger partial charge in [-0.15, -0.1) is 0 Å². The summed E-state index contributed by atoms with van der Waals surface area (Å²) in [4.78, 5) is 4.04. The highest BCUT2D eigenvalue weighted by molar-refractivity contribution is 7.98. The first-order chi connectivity index (χ1) is 7.38. The van der Waals surface area contributed by atoms with E-state index in [9.17, 15) is 0 Å². The highest BCUT2D eigenvalue weighted by Crippen LogP contribution is 2.15. The summed E-state index contributed by atoms with van der Waals surface area (Å²) < 4.78 is 0. The molecule has 0 spiro atoms. The molecule has 0 aliphatic heterocycles. The van der Waals surface area contributed by atoms with Gasteiger partial charge in [-0.1, -0.05) is 25.8 Å². The number of nitrogens with zero attached hydrogens (tertiary/aromatic N) is 2. The molecule has 80 valence electrons. The first-order valence-corrected chi connectivity index (χ1v) is 6.45. The summed E-state index contributed by atoms with van der Waals surface area (Å²) >= 11 is 1.88. The SMILES string of the molecule is CCCCCSCc1cccnc1C#N. The van der Waals surface area contributed by atoms with Crippen LogP contribution in [0.25, 0.3) is 0 Å². The van der Waals surface area contributed by atoms with Crippen LogP contribution in [-0.4, -0.2) is 10.7 Å². The molecule has 15 heavy (non-hydrogen) atoms. The van der Waals surface area contributed by atoms with Gasteiger partial charge in [0.1, 0.15) is 11.8 Å². The molecule has 0 amide bonds. The molecule has 1 rings (SSSR count). The molecule has 1 aromatic rings. The van der Waals surface area contributed by atoms with Crippen LogP contribution in [0, 0.1) is 11.3 Å². The number of hydrogen-bond acceptors (Lipinski definition) is 3. The van der Waals surface area contributed by atoms with E-state index >= 15 is 0 Å². The van der Waals surface area contributed by atoms with Gasteiger partial charge in [0.05, 0.1) is 0 Å². The molecule has 0 radical (unpaired) electrons. The Morgan fingerprint density at radius 3 is 3.07 bits per heavy atom. The zero-order valence-corrected chi connectivity index (χ0v) is 9.89. The number of thioether (sulfide) groups is 1. The van der Waals surface area contributed by atoms with Crippen molar-refractivity contribution in [3.05, 3.63) is 29.6 Å². The highest BCUT2D eigenvalue weighted by Gasteiger charge is 2.01. The van der Waals surface area contributed by atoms with Crippen molar-refractivity contribution in [2.24, 2.45) is 0 Å². The largest absolute Gasteiger partial charge is 0.245 e. The minimum Gasteiger partial charge on any atom is -0.245 e. The Labute approximate surface area is 95.7 Å². The van der Waals surface area contributed by atoms with Crippen LogP contribution < -0.4 is 0 Å². The van der Waals surface area contributed by atoms with Crippen LogP contribution in [-0.2, 0) is 5.75 Å². The maximum Gasteiger partial charge on any atom is 0.144 e. The fourth-order valence-electron chi connectivity index (χ4n) is 1.29. The monoisotopic (exact) mass is 220 g/mol. The molecule has 3 heteroatoms. The standard InChI is InChI=1S/C12H16N2S/c1-2-3-4-8-15-10-11-6-5-7-14-12(11)9-13/h5-7H,2-4,8,10H2,1H3. The Hall–Kier alpha value is -1.01. The summed E-state index contributed by atoms with van der Waals surface area (Å²) in [6, 6.07) is 6.00. The van der Waals surface area contributed by atoms with Crippen LogP contribution in [0.15, 0.2) is 18.3 Å². The molecule has 0 N–H and O–H groups in total. The van der Waals surface area contributed by atoms with Gasteiger partial charge in [-0.2, -0.15) is 17.0 Å². The van der Waals surface area contributed by atoms with Gasteiger partial charge < -0.3 is 0 Å². The third kappa shape index (κ3) is 4.35. The van der Waals surface area contributed by atoms with E-state index in [4.69, 9.17) is 5.26 Å². The Morgan fingerprint density at radius 2 is 2.33 bits per heavy atom. The van der Waals surface area contributed by atoms with Crippen LogP contribution in [0.3, 0.4) is 0 Å². The summed E-state index contributed by atoms with van der Waals surface area (Å²) in [5, 5.41) is 8.84. The van der Waals surface area contributed by atoms with Gasteiger partial charge in [0.2, 0.25) is 0 Å². The summed E-state index contributed by atoms with van der Waals surface area (Å²) in [5.74, 6) is 2.08. The lowest BCUT2D eigenvalue weighted by Crippen LogP contribution is -1.91. The first-order valence-electron chi connectivity index (χ1n) is 5.30. The number of pyridine rings is 1. The van der Waals surface area contributed by atoms with Gasteiger partial charge in [-0.3, -0.25) is 0 Å². The second kappa shape index (κ2) is 7.30. The molecule has 1 aromatic heterocycles. The van der Waals surface area contributed by atoms with E-state index in [0.29, 0.717) is 5.69 Å². The minimum absolute atomic E-state index is 0.570. The maximum absolute atomic E-state index is 8.84. The molecule has 2 nitrogen and oxygen atoms in total. The summed E-state index contributed by atoms with van der Waals surface area (Å²) in [7, 11) is 0. The van der Waals surface area contributed by atoms with Crippen molar-refractivity contribution in [3.63, 3.8) is 0 Å². The van der Waals surface area contributed by atoms with E-state index in [0.717, 1.165) is 11.3 Å². The van der Waals surface area contributed by atoms with Crippen molar-refractivity contribution in [1.29, 1.82) is 5.26 Å². The van der Waals surface area contributed by atoms with Crippen molar-refractivity contribution in [1.82, 2.24) is 4.98 Å². The van der Waals surface area contributed by atoms with E-state index in [1.807, 2.05) is 23.9 Å². The minimum atomic E-state index is 0.570. The third-order valence-electron chi connectivity index (χ3n) is 2.15. The third-order valence-corrected chi connectivity index (χ3v) is 3.24. The van der Waals surface area contributed by atoms with Gasteiger partial charge >= 0.3 is 0 Å². The number of hydrogen-bond donors (Lipinski definition) is 0. The fraction of sp³-hybridized carbons (Fsp3) is 0.500. The predicted octanol–water partition coefficient (Wildman–Crippen LogP) is 3.38. The average Bonchev–Trinajstić information content (AvgIpc) is 2.29. The van der Waals surface area contributed by atoms with Crippen molar-refractivity contribution in [2.75, 3.05) is 5.75 Å². The lowest BCUT2D eigenvalue weighted by Gasteiger charge is -2.02. The van der Waals surface area contributed by atoms with Gasteiger partial charge in [0, 0.05) is 11.9 Å². The lowest BCUT2D eigenvalue weighted by molar-refractivity contribution is 0.778. The molecule has 0 fully saturated rings.